The molecule has 0 aromatic heterocycles. The van der Waals surface area contributed by atoms with Gasteiger partial charge in [-0.25, -0.2) is 0 Å². The standard InChI is InChI=1S/C20H23NO4.ClH/c1-21-5-4-12-8-19(24-2)18(23)10-15(12)16(21)6-13-7-17(22)20(25-3)9-14(13)11-21;/h7-10,16H,4-6,11H2,1-3H3,(H-,22,23);1H/t16-,21-;/m1./s1. The summed E-state index contributed by atoms with van der Waals surface area (Å²) in [6.45, 7) is 1.93. The van der Waals surface area contributed by atoms with Crippen molar-refractivity contribution in [1.29, 1.82) is 0 Å². The van der Waals surface area contributed by atoms with Gasteiger partial charge in [-0.3, -0.25) is 0 Å². The summed E-state index contributed by atoms with van der Waals surface area (Å²) in [6, 6.07) is 7.89. The van der Waals surface area contributed by atoms with E-state index >= 15 is 0 Å². The average molecular weight is 378 g/mol. The fraction of sp³-hybridized carbons (Fsp3) is 0.400. The Bertz CT molecular complexity index is 854. The summed E-state index contributed by atoms with van der Waals surface area (Å²) in [5.41, 5.74) is 4.82. The van der Waals surface area contributed by atoms with E-state index in [1.165, 1.54) is 16.7 Å². The van der Waals surface area contributed by atoms with Crippen molar-refractivity contribution in [2.45, 2.75) is 25.4 Å². The van der Waals surface area contributed by atoms with Crippen molar-refractivity contribution >= 4 is 0 Å². The van der Waals surface area contributed by atoms with Crippen molar-refractivity contribution in [3.8, 4) is 23.0 Å². The predicted octanol–water partition coefficient (Wildman–Crippen LogP) is -0.0809. The Balaban J connectivity index is 0.00000196. The number of nitrogens with zero attached hydrogens (tertiary/aromatic N) is 1. The molecule has 0 bridgehead atoms. The molecule has 0 saturated heterocycles. The normalized spacial score (nSPS) is 23.1. The van der Waals surface area contributed by atoms with Gasteiger partial charge in [-0.1, -0.05) is 0 Å². The number of hydrogen-bond donors (Lipinski definition) is 2. The molecule has 0 unspecified atom stereocenters. The quantitative estimate of drug-likeness (QED) is 0.719. The van der Waals surface area contributed by atoms with Gasteiger partial charge in [0.25, 0.3) is 0 Å². The van der Waals surface area contributed by atoms with E-state index in [0.29, 0.717) is 11.5 Å². The van der Waals surface area contributed by atoms with E-state index in [-0.39, 0.29) is 29.9 Å². The fourth-order valence-electron chi connectivity index (χ4n) is 4.46. The second-order valence-electron chi connectivity index (χ2n) is 7.35. The molecule has 26 heavy (non-hydrogen) atoms. The summed E-state index contributed by atoms with van der Waals surface area (Å²) in [5.74, 6) is 1.45. The number of methoxy groups -OCH3 is 2. The maximum absolute atomic E-state index is 10.3. The number of rotatable bonds is 2. The Morgan fingerprint density at radius 1 is 0.923 bits per heavy atom. The number of likely N-dealkylation sites (N-methyl/N-ethyl adjacent to an activating group) is 1. The maximum Gasteiger partial charge on any atom is 0.160 e. The van der Waals surface area contributed by atoms with E-state index in [1.807, 2.05) is 24.3 Å². The second kappa shape index (κ2) is 6.56. The third-order valence-corrected chi connectivity index (χ3v) is 5.89. The van der Waals surface area contributed by atoms with Crippen LogP contribution in [0.1, 0.15) is 28.3 Å². The van der Waals surface area contributed by atoms with Crippen LogP contribution in [0.25, 0.3) is 0 Å². The highest BCUT2D eigenvalue weighted by Crippen LogP contribution is 2.47. The van der Waals surface area contributed by atoms with Crippen LogP contribution in [0.15, 0.2) is 24.3 Å². The van der Waals surface area contributed by atoms with Gasteiger partial charge in [0, 0.05) is 24.0 Å². The summed E-state index contributed by atoms with van der Waals surface area (Å²) in [6.07, 6.45) is 1.80. The Hall–Kier alpha value is -2.11. The first-order valence-corrected chi connectivity index (χ1v) is 8.58. The molecule has 140 valence electrons. The number of phenolic OH excluding ortho intramolecular Hbond substituents is 2. The molecule has 2 aliphatic rings. The fourth-order valence-corrected chi connectivity index (χ4v) is 4.46. The van der Waals surface area contributed by atoms with Gasteiger partial charge in [-0.15, -0.1) is 0 Å². The molecule has 2 atom stereocenters. The van der Waals surface area contributed by atoms with Gasteiger partial charge in [0.1, 0.15) is 12.6 Å². The van der Waals surface area contributed by atoms with Crippen LogP contribution >= 0.6 is 0 Å². The van der Waals surface area contributed by atoms with Crippen LogP contribution in [0, 0.1) is 0 Å². The molecule has 2 N–H and O–H groups in total. The lowest BCUT2D eigenvalue weighted by Crippen LogP contribution is -3.00. The summed E-state index contributed by atoms with van der Waals surface area (Å²) < 4.78 is 11.4. The second-order valence-corrected chi connectivity index (χ2v) is 7.35. The zero-order valence-electron chi connectivity index (χ0n) is 15.3. The molecule has 0 spiro atoms. The molecule has 0 aliphatic carbocycles. The molecule has 2 heterocycles. The minimum atomic E-state index is 0. The molecule has 2 aromatic rings. The smallest absolute Gasteiger partial charge is 0.160 e. The highest BCUT2D eigenvalue weighted by atomic mass is 35.5. The first kappa shape index (κ1) is 18.7. The largest absolute Gasteiger partial charge is 1.00 e. The van der Waals surface area contributed by atoms with E-state index in [9.17, 15) is 10.2 Å². The number of fused-ring (bicyclic) bond motifs is 4. The van der Waals surface area contributed by atoms with Crippen molar-refractivity contribution in [2.24, 2.45) is 0 Å². The monoisotopic (exact) mass is 377 g/mol. The van der Waals surface area contributed by atoms with Gasteiger partial charge >= 0.3 is 0 Å². The van der Waals surface area contributed by atoms with Crippen molar-refractivity contribution in [2.75, 3.05) is 27.8 Å². The number of halogens is 1. The number of quaternary nitrogens is 1. The van der Waals surface area contributed by atoms with Crippen LogP contribution in [-0.2, 0) is 19.4 Å². The van der Waals surface area contributed by atoms with E-state index in [2.05, 4.69) is 7.05 Å². The van der Waals surface area contributed by atoms with Crippen molar-refractivity contribution in [3.63, 3.8) is 0 Å². The molecule has 5 nitrogen and oxygen atoms in total. The summed E-state index contributed by atoms with van der Waals surface area (Å²) in [5, 5.41) is 20.4. The van der Waals surface area contributed by atoms with Gasteiger partial charge in [0.05, 0.1) is 27.8 Å². The average Bonchev–Trinajstić information content (AvgIpc) is 2.59. The molecular formula is C20H24ClNO4. The summed E-state index contributed by atoms with van der Waals surface area (Å²) in [7, 11) is 5.44. The van der Waals surface area contributed by atoms with Gasteiger partial charge < -0.3 is 36.6 Å². The topological polar surface area (TPSA) is 58.9 Å². The number of ether oxygens (including phenoxy) is 2. The molecule has 6 heteroatoms. The molecule has 4 rings (SSSR count). The summed E-state index contributed by atoms with van der Waals surface area (Å²) in [4.78, 5) is 0. The van der Waals surface area contributed by atoms with E-state index in [0.717, 1.165) is 36.0 Å². The molecule has 2 aromatic carbocycles. The highest BCUT2D eigenvalue weighted by molar-refractivity contribution is 5.51. The highest BCUT2D eigenvalue weighted by Gasteiger charge is 2.43. The third kappa shape index (κ3) is 2.75. The Morgan fingerprint density at radius 2 is 1.54 bits per heavy atom. The molecule has 0 amide bonds. The Labute approximate surface area is 159 Å². The maximum atomic E-state index is 10.3. The van der Waals surface area contributed by atoms with Crippen LogP contribution in [-0.4, -0.2) is 42.5 Å². The van der Waals surface area contributed by atoms with Crippen molar-refractivity contribution in [1.82, 2.24) is 0 Å². The van der Waals surface area contributed by atoms with E-state index < -0.39 is 0 Å². The molecular weight excluding hydrogens is 354 g/mol. The zero-order valence-corrected chi connectivity index (χ0v) is 16.0. The van der Waals surface area contributed by atoms with Crippen LogP contribution in [0.5, 0.6) is 23.0 Å². The molecule has 0 fully saturated rings. The Kier molecular flexibility index (Phi) is 4.71. The molecule has 0 radical (unpaired) electrons. The SMILES string of the molecule is COc1cc2c(cc1O)C[C@@H]1c3cc(O)c(OC)cc3CC[N@+]1(C)C2.[Cl-]. The van der Waals surface area contributed by atoms with Crippen molar-refractivity contribution < 1.29 is 36.6 Å². The zero-order chi connectivity index (χ0) is 17.8. The molecule has 2 aliphatic heterocycles. The van der Waals surface area contributed by atoms with E-state index in [4.69, 9.17) is 9.47 Å². The Morgan fingerprint density at radius 3 is 2.19 bits per heavy atom. The number of benzene rings is 2. The van der Waals surface area contributed by atoms with E-state index in [1.54, 1.807) is 14.2 Å². The lowest BCUT2D eigenvalue weighted by Gasteiger charge is -2.49. The first-order chi connectivity index (χ1) is 11.9. The minimum absolute atomic E-state index is 0. The van der Waals surface area contributed by atoms with Gasteiger partial charge in [-0.2, -0.15) is 0 Å². The number of hydrogen-bond acceptors (Lipinski definition) is 4. The first-order valence-electron chi connectivity index (χ1n) is 8.58. The minimum Gasteiger partial charge on any atom is -1.00 e. The lowest BCUT2D eigenvalue weighted by molar-refractivity contribution is -0.956. The van der Waals surface area contributed by atoms with Crippen molar-refractivity contribution in [3.05, 3.63) is 46.5 Å². The number of aromatic hydroxyl groups is 2. The van der Waals surface area contributed by atoms with Crippen LogP contribution in [0.4, 0.5) is 0 Å². The number of phenols is 2. The van der Waals surface area contributed by atoms with Crippen LogP contribution in [0.3, 0.4) is 0 Å². The van der Waals surface area contributed by atoms with Gasteiger partial charge in [-0.05, 0) is 35.4 Å². The van der Waals surface area contributed by atoms with Gasteiger partial charge in [0.15, 0.2) is 23.0 Å². The van der Waals surface area contributed by atoms with Crippen LogP contribution < -0.4 is 21.9 Å². The summed E-state index contributed by atoms with van der Waals surface area (Å²) >= 11 is 0. The lowest BCUT2D eigenvalue weighted by atomic mass is 9.81. The third-order valence-electron chi connectivity index (χ3n) is 5.89. The predicted molar refractivity (Wildman–Crippen MR) is 94.2 cm³/mol. The van der Waals surface area contributed by atoms with Gasteiger partial charge in [0.2, 0.25) is 0 Å². The molecule has 0 saturated carbocycles. The van der Waals surface area contributed by atoms with Crippen LogP contribution in [0.2, 0.25) is 0 Å².